The van der Waals surface area contributed by atoms with Crippen molar-refractivity contribution in [2.24, 2.45) is 5.92 Å². The molecule has 0 aliphatic carbocycles. The molecule has 0 amide bonds. The first-order chi connectivity index (χ1) is 15.6. The van der Waals surface area contributed by atoms with Crippen LogP contribution in [0.3, 0.4) is 0 Å². The lowest BCUT2D eigenvalue weighted by atomic mass is 9.78. The van der Waals surface area contributed by atoms with Crippen molar-refractivity contribution in [3.8, 4) is 11.5 Å². The second kappa shape index (κ2) is 10.6. The van der Waals surface area contributed by atoms with E-state index in [1.807, 2.05) is 12.1 Å². The summed E-state index contributed by atoms with van der Waals surface area (Å²) < 4.78 is 28.0. The van der Waals surface area contributed by atoms with Gasteiger partial charge in [0.2, 0.25) is 5.89 Å². The zero-order valence-corrected chi connectivity index (χ0v) is 19.5. The van der Waals surface area contributed by atoms with E-state index in [0.717, 1.165) is 87.1 Å². The maximum absolute atomic E-state index is 6.36. The summed E-state index contributed by atoms with van der Waals surface area (Å²) in [6.07, 6.45) is 5.69. The highest BCUT2D eigenvalue weighted by molar-refractivity contribution is 5.46. The molecule has 2 aromatic rings. The molecule has 3 heterocycles. The lowest BCUT2D eigenvalue weighted by Gasteiger charge is -2.46. The number of hydrogen-bond donors (Lipinski definition) is 0. The minimum absolute atomic E-state index is 0.0310. The Morgan fingerprint density at radius 1 is 1.16 bits per heavy atom. The van der Waals surface area contributed by atoms with Crippen LogP contribution in [0.1, 0.15) is 43.0 Å². The van der Waals surface area contributed by atoms with Gasteiger partial charge in [0.25, 0.3) is 0 Å². The van der Waals surface area contributed by atoms with Crippen molar-refractivity contribution in [2.75, 3.05) is 47.6 Å². The van der Waals surface area contributed by atoms with Crippen molar-refractivity contribution in [3.63, 3.8) is 0 Å². The third-order valence-corrected chi connectivity index (χ3v) is 6.74. The number of methoxy groups -OCH3 is 3. The summed E-state index contributed by atoms with van der Waals surface area (Å²) >= 11 is 0. The maximum atomic E-state index is 6.36. The number of hydrogen-bond acceptors (Lipinski definition) is 8. The molecule has 176 valence electrons. The second-order valence-corrected chi connectivity index (χ2v) is 8.87. The van der Waals surface area contributed by atoms with E-state index in [2.05, 4.69) is 21.1 Å². The maximum Gasteiger partial charge on any atom is 0.226 e. The van der Waals surface area contributed by atoms with Crippen molar-refractivity contribution in [1.29, 1.82) is 0 Å². The molecule has 0 N–H and O–H groups in total. The molecular weight excluding hydrogens is 410 g/mol. The molecular formula is C24H35N3O5. The molecule has 2 aliphatic heterocycles. The first-order valence-electron chi connectivity index (χ1n) is 11.5. The quantitative estimate of drug-likeness (QED) is 0.582. The van der Waals surface area contributed by atoms with Crippen molar-refractivity contribution in [1.82, 2.24) is 15.0 Å². The summed E-state index contributed by atoms with van der Waals surface area (Å²) in [5.41, 5.74) is 1.13. The van der Waals surface area contributed by atoms with Gasteiger partial charge in [-0.3, -0.25) is 4.90 Å². The first kappa shape index (κ1) is 23.0. The Bertz CT molecular complexity index is 863. The molecule has 1 aromatic heterocycles. The Hall–Kier alpha value is -2.16. The van der Waals surface area contributed by atoms with E-state index in [-0.39, 0.29) is 5.60 Å². The summed E-state index contributed by atoms with van der Waals surface area (Å²) in [4.78, 5) is 7.02. The van der Waals surface area contributed by atoms with Crippen molar-refractivity contribution in [3.05, 3.63) is 35.5 Å². The molecule has 0 bridgehead atoms. The van der Waals surface area contributed by atoms with Crippen molar-refractivity contribution in [2.45, 2.75) is 50.7 Å². The van der Waals surface area contributed by atoms with E-state index in [1.54, 1.807) is 21.3 Å². The number of likely N-dealkylation sites (tertiary alicyclic amines) is 1. The SMILES string of the molecule is COCCc1noc(CC2CCOC3(CCN(Cc4cccc(OC)c4OC)CC3)C2)n1. The predicted molar refractivity (Wildman–Crippen MR) is 119 cm³/mol. The molecule has 1 atom stereocenters. The molecule has 2 fully saturated rings. The number of benzene rings is 1. The third kappa shape index (κ3) is 5.42. The van der Waals surface area contributed by atoms with Crippen molar-refractivity contribution >= 4 is 0 Å². The second-order valence-electron chi connectivity index (χ2n) is 8.87. The molecule has 1 unspecified atom stereocenters. The topological polar surface area (TPSA) is 79.1 Å². The number of rotatable bonds is 9. The van der Waals surface area contributed by atoms with Crippen molar-refractivity contribution < 1.29 is 23.5 Å². The van der Waals surface area contributed by atoms with Gasteiger partial charge >= 0.3 is 0 Å². The van der Waals surface area contributed by atoms with E-state index in [4.69, 9.17) is 23.5 Å². The molecule has 2 aliphatic rings. The highest BCUT2D eigenvalue weighted by Crippen LogP contribution is 2.39. The normalized spacial score (nSPS) is 21.0. The van der Waals surface area contributed by atoms with Gasteiger partial charge in [-0.25, -0.2) is 0 Å². The van der Waals surface area contributed by atoms with Crippen LogP contribution in [0.4, 0.5) is 0 Å². The fraction of sp³-hybridized carbons (Fsp3) is 0.667. The van der Waals surface area contributed by atoms with Crippen LogP contribution < -0.4 is 9.47 Å². The summed E-state index contributed by atoms with van der Waals surface area (Å²) in [6.45, 7) is 4.28. The molecule has 0 radical (unpaired) electrons. The Balaban J connectivity index is 1.31. The van der Waals surface area contributed by atoms with Gasteiger partial charge in [-0.15, -0.1) is 0 Å². The lowest BCUT2D eigenvalue weighted by molar-refractivity contribution is -0.128. The van der Waals surface area contributed by atoms with E-state index in [1.165, 1.54) is 0 Å². The summed E-state index contributed by atoms with van der Waals surface area (Å²) in [7, 11) is 5.06. The van der Waals surface area contributed by atoms with Gasteiger partial charge in [0.15, 0.2) is 17.3 Å². The Morgan fingerprint density at radius 2 is 2.00 bits per heavy atom. The van der Waals surface area contributed by atoms with Crippen LogP contribution in [0.2, 0.25) is 0 Å². The Morgan fingerprint density at radius 3 is 2.75 bits per heavy atom. The Kier molecular flexibility index (Phi) is 7.65. The smallest absolute Gasteiger partial charge is 0.226 e. The number of nitrogens with zero attached hydrogens (tertiary/aromatic N) is 3. The van der Waals surface area contributed by atoms with Crippen LogP contribution in [0.5, 0.6) is 11.5 Å². The zero-order valence-electron chi connectivity index (χ0n) is 19.5. The monoisotopic (exact) mass is 445 g/mol. The number of aromatic nitrogens is 2. The van der Waals surface area contributed by atoms with Crippen LogP contribution in [0.25, 0.3) is 0 Å². The van der Waals surface area contributed by atoms with E-state index in [0.29, 0.717) is 18.9 Å². The predicted octanol–water partition coefficient (Wildman–Crippen LogP) is 3.28. The van der Waals surface area contributed by atoms with E-state index in [9.17, 15) is 0 Å². The van der Waals surface area contributed by atoms with Gasteiger partial charge in [0, 0.05) is 51.8 Å². The molecule has 32 heavy (non-hydrogen) atoms. The van der Waals surface area contributed by atoms with Crippen LogP contribution in [-0.4, -0.2) is 68.3 Å². The summed E-state index contributed by atoms with van der Waals surface area (Å²) in [5, 5.41) is 4.08. The average Bonchev–Trinajstić information content (AvgIpc) is 3.26. The highest BCUT2D eigenvalue weighted by atomic mass is 16.5. The van der Waals surface area contributed by atoms with Gasteiger partial charge in [-0.1, -0.05) is 17.3 Å². The molecule has 0 saturated carbocycles. The summed E-state index contributed by atoms with van der Waals surface area (Å²) in [5.74, 6) is 3.59. The standard InChI is InChI=1S/C24H35N3O5/c1-28-13-8-21-25-22(32-26-21)15-18-7-14-31-24(16-18)9-11-27(12-10-24)17-19-5-4-6-20(29-2)23(19)30-3/h4-6,18H,7-17H2,1-3H3. The number of para-hydroxylation sites is 1. The summed E-state index contributed by atoms with van der Waals surface area (Å²) in [6, 6.07) is 6.08. The fourth-order valence-corrected chi connectivity index (χ4v) is 5.00. The van der Waals surface area contributed by atoms with Gasteiger partial charge in [0.1, 0.15) is 0 Å². The third-order valence-electron chi connectivity index (χ3n) is 6.74. The van der Waals surface area contributed by atoms with Gasteiger partial charge in [-0.05, 0) is 37.7 Å². The van der Waals surface area contributed by atoms with Gasteiger partial charge in [0.05, 0.1) is 26.4 Å². The Labute approximate surface area is 190 Å². The minimum atomic E-state index is -0.0310. The molecule has 8 heteroatoms. The van der Waals surface area contributed by atoms with Gasteiger partial charge < -0.3 is 23.5 Å². The first-order valence-corrected chi connectivity index (χ1v) is 11.5. The molecule has 4 rings (SSSR count). The van der Waals surface area contributed by atoms with E-state index >= 15 is 0 Å². The number of piperidine rings is 1. The largest absolute Gasteiger partial charge is 0.493 e. The molecule has 1 aromatic carbocycles. The fourth-order valence-electron chi connectivity index (χ4n) is 5.00. The molecule has 2 saturated heterocycles. The molecule has 8 nitrogen and oxygen atoms in total. The average molecular weight is 446 g/mol. The van der Waals surface area contributed by atoms with Crippen LogP contribution in [0, 0.1) is 5.92 Å². The molecule has 1 spiro atoms. The van der Waals surface area contributed by atoms with Crippen LogP contribution in [-0.2, 0) is 28.9 Å². The van der Waals surface area contributed by atoms with Crippen LogP contribution in [0.15, 0.2) is 22.7 Å². The minimum Gasteiger partial charge on any atom is -0.493 e. The van der Waals surface area contributed by atoms with Crippen LogP contribution >= 0.6 is 0 Å². The zero-order chi connectivity index (χ0) is 22.4. The van der Waals surface area contributed by atoms with E-state index < -0.39 is 0 Å². The lowest BCUT2D eigenvalue weighted by Crippen LogP contribution is -2.49. The number of ether oxygens (including phenoxy) is 4. The van der Waals surface area contributed by atoms with Gasteiger partial charge in [-0.2, -0.15) is 4.98 Å². The highest BCUT2D eigenvalue weighted by Gasteiger charge is 2.40.